The highest BCUT2D eigenvalue weighted by Gasteiger charge is 2.23. The van der Waals surface area contributed by atoms with Crippen molar-refractivity contribution in [2.45, 2.75) is 11.8 Å². The van der Waals surface area contributed by atoms with Crippen molar-refractivity contribution in [3.63, 3.8) is 0 Å². The Morgan fingerprint density at radius 1 is 1.27 bits per heavy atom. The number of aryl methyl sites for hydroxylation is 1. The van der Waals surface area contributed by atoms with Gasteiger partial charge in [-0.15, -0.1) is 0 Å². The Kier molecular flexibility index (Phi) is 4.68. The molecule has 0 atom stereocenters. The van der Waals surface area contributed by atoms with Crippen molar-refractivity contribution >= 4 is 33.3 Å². The van der Waals surface area contributed by atoms with Crippen molar-refractivity contribution in [3.05, 3.63) is 52.8 Å². The summed E-state index contributed by atoms with van der Waals surface area (Å²) in [6.07, 6.45) is 1.48. The Morgan fingerprint density at radius 2 is 2.00 bits per heavy atom. The molecule has 0 radical (unpaired) electrons. The number of ether oxygens (including phenoxy) is 1. The summed E-state index contributed by atoms with van der Waals surface area (Å²) in [5.41, 5.74) is 0.896. The minimum absolute atomic E-state index is 0.0924. The quantitative estimate of drug-likeness (QED) is 0.865. The third kappa shape index (κ3) is 3.55. The van der Waals surface area contributed by atoms with E-state index < -0.39 is 16.0 Å². The third-order valence-electron chi connectivity index (χ3n) is 2.79. The molecule has 0 aliphatic rings. The number of carbonyl (C=O) groups is 1. The zero-order valence-corrected chi connectivity index (χ0v) is 13.4. The van der Waals surface area contributed by atoms with Crippen LogP contribution in [0.15, 0.2) is 41.4 Å². The Morgan fingerprint density at radius 3 is 2.64 bits per heavy atom. The van der Waals surface area contributed by atoms with Gasteiger partial charge in [0.25, 0.3) is 10.0 Å². The molecule has 2 rings (SSSR count). The van der Waals surface area contributed by atoms with E-state index in [2.05, 4.69) is 14.4 Å². The molecule has 0 aliphatic carbocycles. The lowest BCUT2D eigenvalue weighted by Crippen LogP contribution is -2.17. The molecule has 8 heteroatoms. The van der Waals surface area contributed by atoms with Gasteiger partial charge in [0.05, 0.1) is 18.4 Å². The number of rotatable bonds is 4. The van der Waals surface area contributed by atoms with Gasteiger partial charge in [0.1, 0.15) is 4.90 Å². The number of halogens is 1. The van der Waals surface area contributed by atoms with Crippen LogP contribution < -0.4 is 4.72 Å². The van der Waals surface area contributed by atoms with Crippen molar-refractivity contribution < 1.29 is 17.9 Å². The summed E-state index contributed by atoms with van der Waals surface area (Å²) in [5, 5.41) is 0.193. The molecule has 1 aromatic carbocycles. The zero-order chi connectivity index (χ0) is 16.3. The fraction of sp³-hybridized carbons (Fsp3) is 0.143. The van der Waals surface area contributed by atoms with Gasteiger partial charge in [0.15, 0.2) is 0 Å². The summed E-state index contributed by atoms with van der Waals surface area (Å²) >= 11 is 5.84. The van der Waals surface area contributed by atoms with Gasteiger partial charge in [-0.05, 0) is 37.3 Å². The fourth-order valence-electron chi connectivity index (χ4n) is 1.82. The van der Waals surface area contributed by atoms with Crippen molar-refractivity contribution in [2.75, 3.05) is 11.8 Å². The van der Waals surface area contributed by atoms with Crippen LogP contribution in [-0.2, 0) is 14.8 Å². The first kappa shape index (κ1) is 16.3. The molecule has 0 unspecified atom stereocenters. The van der Waals surface area contributed by atoms with Gasteiger partial charge >= 0.3 is 5.97 Å². The van der Waals surface area contributed by atoms with E-state index >= 15 is 0 Å². The smallest absolute Gasteiger partial charge is 0.339 e. The lowest BCUT2D eigenvalue weighted by molar-refractivity contribution is 0.0596. The second-order valence-electron chi connectivity index (χ2n) is 4.42. The summed E-state index contributed by atoms with van der Waals surface area (Å²) in [4.78, 5) is 15.5. The van der Waals surface area contributed by atoms with Gasteiger partial charge in [-0.3, -0.25) is 9.71 Å². The molecular formula is C14H13ClN2O4S. The van der Waals surface area contributed by atoms with E-state index in [4.69, 9.17) is 11.6 Å². The Labute approximate surface area is 133 Å². The Balaban J connectivity index is 2.49. The molecule has 116 valence electrons. The SMILES string of the molecule is COC(=O)c1ccc(Cl)cc1S(=O)(=O)Nc1ccnc(C)c1. The number of esters is 1. The molecule has 1 N–H and O–H groups in total. The molecule has 0 saturated heterocycles. The van der Waals surface area contributed by atoms with Crippen molar-refractivity contribution in [2.24, 2.45) is 0 Å². The molecule has 0 fully saturated rings. The predicted molar refractivity (Wildman–Crippen MR) is 82.6 cm³/mol. The maximum absolute atomic E-state index is 12.5. The van der Waals surface area contributed by atoms with Crippen LogP contribution in [0.5, 0.6) is 0 Å². The van der Waals surface area contributed by atoms with Crippen LogP contribution in [0.25, 0.3) is 0 Å². The van der Waals surface area contributed by atoms with Crippen LogP contribution in [0.1, 0.15) is 16.1 Å². The average Bonchev–Trinajstić information content (AvgIpc) is 2.46. The minimum Gasteiger partial charge on any atom is -0.465 e. The van der Waals surface area contributed by atoms with E-state index in [0.29, 0.717) is 11.4 Å². The number of methoxy groups -OCH3 is 1. The third-order valence-corrected chi connectivity index (χ3v) is 4.44. The molecule has 1 heterocycles. The number of benzene rings is 1. The van der Waals surface area contributed by atoms with E-state index in [1.165, 1.54) is 37.6 Å². The van der Waals surface area contributed by atoms with E-state index in [9.17, 15) is 13.2 Å². The molecule has 0 amide bonds. The summed E-state index contributed by atoms with van der Waals surface area (Å²) < 4.78 is 32.0. The minimum atomic E-state index is -4.00. The van der Waals surface area contributed by atoms with Gasteiger partial charge < -0.3 is 4.74 Å². The summed E-state index contributed by atoms with van der Waals surface area (Å²) in [7, 11) is -2.83. The van der Waals surface area contributed by atoms with Crippen LogP contribution in [0.2, 0.25) is 5.02 Å². The molecule has 0 spiro atoms. The monoisotopic (exact) mass is 340 g/mol. The molecule has 0 aliphatic heterocycles. The number of sulfonamides is 1. The van der Waals surface area contributed by atoms with Crippen molar-refractivity contribution in [1.82, 2.24) is 4.98 Å². The number of carbonyl (C=O) groups excluding carboxylic acids is 1. The summed E-state index contributed by atoms with van der Waals surface area (Å²) in [6.45, 7) is 1.73. The maximum atomic E-state index is 12.5. The first-order valence-electron chi connectivity index (χ1n) is 6.17. The molecule has 2 aromatic rings. The number of hydrogen-bond acceptors (Lipinski definition) is 5. The van der Waals surface area contributed by atoms with Gasteiger partial charge in [0.2, 0.25) is 0 Å². The van der Waals surface area contributed by atoms with E-state index in [0.717, 1.165) is 0 Å². The normalized spacial score (nSPS) is 11.0. The van der Waals surface area contributed by atoms with Gasteiger partial charge in [-0.25, -0.2) is 13.2 Å². The van der Waals surface area contributed by atoms with Gasteiger partial charge in [-0.2, -0.15) is 0 Å². The topological polar surface area (TPSA) is 85.4 Å². The largest absolute Gasteiger partial charge is 0.465 e. The van der Waals surface area contributed by atoms with Crippen molar-refractivity contribution in [3.8, 4) is 0 Å². The molecular weight excluding hydrogens is 328 g/mol. The summed E-state index contributed by atoms with van der Waals surface area (Å²) in [5.74, 6) is -0.761. The zero-order valence-electron chi connectivity index (χ0n) is 11.8. The predicted octanol–water partition coefficient (Wildman–Crippen LogP) is 2.63. The number of hydrogen-bond donors (Lipinski definition) is 1. The highest BCUT2D eigenvalue weighted by Crippen LogP contribution is 2.24. The molecule has 22 heavy (non-hydrogen) atoms. The number of pyridine rings is 1. The second kappa shape index (κ2) is 6.33. The van der Waals surface area contributed by atoms with E-state index in [1.807, 2.05) is 0 Å². The number of aromatic nitrogens is 1. The van der Waals surface area contributed by atoms with Crippen LogP contribution >= 0.6 is 11.6 Å². The van der Waals surface area contributed by atoms with E-state index in [1.54, 1.807) is 13.0 Å². The highest BCUT2D eigenvalue weighted by atomic mass is 35.5. The molecule has 0 bridgehead atoms. The van der Waals surface area contributed by atoms with Crippen molar-refractivity contribution in [1.29, 1.82) is 0 Å². The molecule has 0 saturated carbocycles. The van der Waals surface area contributed by atoms with Crippen LogP contribution in [-0.4, -0.2) is 26.5 Å². The second-order valence-corrected chi connectivity index (χ2v) is 6.51. The molecule has 1 aromatic heterocycles. The lowest BCUT2D eigenvalue weighted by atomic mass is 10.2. The van der Waals surface area contributed by atoms with Crippen LogP contribution in [0.3, 0.4) is 0 Å². The van der Waals surface area contributed by atoms with Gasteiger partial charge in [0, 0.05) is 16.9 Å². The van der Waals surface area contributed by atoms with Crippen LogP contribution in [0, 0.1) is 6.92 Å². The van der Waals surface area contributed by atoms with E-state index in [-0.39, 0.29) is 15.5 Å². The standard InChI is InChI=1S/C14H13ClN2O4S/c1-9-7-11(5-6-16-9)17-22(19,20)13-8-10(15)3-4-12(13)14(18)21-2/h3-8H,1-2H3,(H,16,17). The number of anilines is 1. The number of nitrogens with zero attached hydrogens (tertiary/aromatic N) is 1. The lowest BCUT2D eigenvalue weighted by Gasteiger charge is -2.12. The van der Waals surface area contributed by atoms with Crippen LogP contribution in [0.4, 0.5) is 5.69 Å². The highest BCUT2D eigenvalue weighted by molar-refractivity contribution is 7.92. The first-order chi connectivity index (χ1) is 10.3. The summed E-state index contributed by atoms with van der Waals surface area (Å²) in [6, 6.07) is 7.00. The fourth-order valence-corrected chi connectivity index (χ4v) is 3.32. The Hall–Kier alpha value is -2.12. The van der Waals surface area contributed by atoms with Gasteiger partial charge in [-0.1, -0.05) is 11.6 Å². The maximum Gasteiger partial charge on any atom is 0.339 e. The molecule has 6 nitrogen and oxygen atoms in total. The Bertz CT molecular complexity index is 821. The number of nitrogens with one attached hydrogen (secondary N) is 1. The average molecular weight is 341 g/mol. The first-order valence-corrected chi connectivity index (χ1v) is 8.03.